The summed E-state index contributed by atoms with van der Waals surface area (Å²) in [7, 11) is 4.35. The molecule has 2 aliphatic rings. The Kier molecular flexibility index (Phi) is 5.34. The highest BCUT2D eigenvalue weighted by Gasteiger charge is 2.22. The minimum absolute atomic E-state index is 0.0535. The summed E-state index contributed by atoms with van der Waals surface area (Å²) >= 11 is 0. The van der Waals surface area contributed by atoms with E-state index in [0.717, 1.165) is 42.0 Å². The van der Waals surface area contributed by atoms with Crippen molar-refractivity contribution in [2.45, 2.75) is 25.4 Å². The zero-order chi connectivity index (χ0) is 21.4. The van der Waals surface area contributed by atoms with Crippen LogP contribution in [0.4, 0.5) is 5.69 Å². The lowest BCUT2D eigenvalue weighted by atomic mass is 10.0. The van der Waals surface area contributed by atoms with Crippen molar-refractivity contribution < 1.29 is 4.79 Å². The molecule has 1 N–H and O–H groups in total. The molecule has 0 saturated carbocycles. The third-order valence-electron chi connectivity index (χ3n) is 6.68. The second kappa shape index (κ2) is 8.29. The van der Waals surface area contributed by atoms with Crippen molar-refractivity contribution in [3.8, 4) is 0 Å². The van der Waals surface area contributed by atoms with E-state index in [-0.39, 0.29) is 5.91 Å². The molecule has 4 heteroatoms. The second-order valence-corrected chi connectivity index (χ2v) is 8.93. The number of hydrogen-bond acceptors (Lipinski definition) is 3. The normalized spacial score (nSPS) is 16.7. The largest absolute Gasteiger partial charge is 0.322 e. The van der Waals surface area contributed by atoms with Crippen LogP contribution in [0.1, 0.15) is 29.5 Å². The van der Waals surface area contributed by atoms with E-state index in [1.807, 2.05) is 36.4 Å². The Hall–Kier alpha value is -2.95. The highest BCUT2D eigenvalue weighted by molar-refractivity contribution is 6.34. The van der Waals surface area contributed by atoms with Gasteiger partial charge < -0.3 is 10.2 Å². The summed E-state index contributed by atoms with van der Waals surface area (Å²) in [6.45, 7) is 3.25. The van der Waals surface area contributed by atoms with Gasteiger partial charge in [-0.3, -0.25) is 9.69 Å². The minimum Gasteiger partial charge on any atom is -0.322 e. The average molecular weight is 412 g/mol. The number of carbonyl (C=O) groups excluding carboxylic acids is 1. The minimum atomic E-state index is -0.0535. The van der Waals surface area contributed by atoms with Crippen molar-refractivity contribution >= 4 is 34.0 Å². The fraction of sp³-hybridized carbons (Fsp3) is 0.296. The van der Waals surface area contributed by atoms with Crippen LogP contribution in [0.25, 0.3) is 22.4 Å². The van der Waals surface area contributed by atoms with E-state index in [1.165, 1.54) is 29.2 Å². The quantitative estimate of drug-likeness (QED) is 0.651. The van der Waals surface area contributed by atoms with E-state index < -0.39 is 0 Å². The summed E-state index contributed by atoms with van der Waals surface area (Å²) in [5.41, 5.74) is 5.00. The van der Waals surface area contributed by atoms with E-state index in [1.54, 1.807) is 0 Å². The van der Waals surface area contributed by atoms with Gasteiger partial charge in [-0.2, -0.15) is 0 Å². The maximum absolute atomic E-state index is 13.0. The first-order chi connectivity index (χ1) is 15.1. The lowest BCUT2D eigenvalue weighted by Gasteiger charge is -2.35. The van der Waals surface area contributed by atoms with E-state index >= 15 is 0 Å². The molecule has 158 valence electrons. The highest BCUT2D eigenvalue weighted by Crippen LogP contribution is 2.36. The van der Waals surface area contributed by atoms with Gasteiger partial charge in [-0.25, -0.2) is 0 Å². The molecular weight excluding hydrogens is 382 g/mol. The number of anilines is 1. The SMILES string of the molecule is CN(C)C1CCN(Cc2ccc(NC(=O)C3=Cc4cccc5cccc3c45)cc2)CC1. The maximum Gasteiger partial charge on any atom is 0.256 e. The van der Waals surface area contributed by atoms with Gasteiger partial charge in [0.2, 0.25) is 0 Å². The molecule has 0 unspecified atom stereocenters. The lowest BCUT2D eigenvalue weighted by molar-refractivity contribution is -0.111. The maximum atomic E-state index is 13.0. The van der Waals surface area contributed by atoms with Crippen LogP contribution in [-0.4, -0.2) is 48.9 Å². The number of nitrogens with zero attached hydrogens (tertiary/aromatic N) is 2. The molecule has 0 bridgehead atoms. The van der Waals surface area contributed by atoms with Crippen LogP contribution >= 0.6 is 0 Å². The number of benzene rings is 3. The van der Waals surface area contributed by atoms with Gasteiger partial charge in [-0.15, -0.1) is 0 Å². The van der Waals surface area contributed by atoms with Crippen LogP contribution in [-0.2, 0) is 11.3 Å². The number of rotatable bonds is 5. The zero-order valence-electron chi connectivity index (χ0n) is 18.3. The van der Waals surface area contributed by atoms with E-state index in [2.05, 4.69) is 59.5 Å². The smallest absolute Gasteiger partial charge is 0.256 e. The summed E-state index contributed by atoms with van der Waals surface area (Å²) in [4.78, 5) is 17.9. The van der Waals surface area contributed by atoms with Crippen LogP contribution < -0.4 is 5.32 Å². The fourth-order valence-corrected chi connectivity index (χ4v) is 4.88. The lowest BCUT2D eigenvalue weighted by Crippen LogP contribution is -2.41. The molecule has 4 nitrogen and oxygen atoms in total. The molecule has 5 rings (SSSR count). The van der Waals surface area contributed by atoms with E-state index in [9.17, 15) is 4.79 Å². The van der Waals surface area contributed by atoms with Gasteiger partial charge in [0.15, 0.2) is 0 Å². The third kappa shape index (κ3) is 4.01. The molecule has 0 radical (unpaired) electrons. The number of likely N-dealkylation sites (tertiary alicyclic amines) is 1. The van der Waals surface area contributed by atoms with Crippen LogP contribution in [0.5, 0.6) is 0 Å². The predicted octanol–water partition coefficient (Wildman–Crippen LogP) is 4.86. The molecule has 1 heterocycles. The number of amides is 1. The van der Waals surface area contributed by atoms with Crippen LogP contribution in [0.2, 0.25) is 0 Å². The van der Waals surface area contributed by atoms with Crippen molar-refractivity contribution in [3.05, 3.63) is 77.4 Å². The third-order valence-corrected chi connectivity index (χ3v) is 6.68. The molecule has 1 saturated heterocycles. The number of carbonyl (C=O) groups is 1. The molecule has 3 aromatic carbocycles. The number of hydrogen-bond donors (Lipinski definition) is 1. The van der Waals surface area contributed by atoms with Gasteiger partial charge in [0.25, 0.3) is 5.91 Å². The molecule has 0 spiro atoms. The van der Waals surface area contributed by atoms with Crippen molar-refractivity contribution in [2.75, 3.05) is 32.5 Å². The molecule has 1 amide bonds. The van der Waals surface area contributed by atoms with Gasteiger partial charge >= 0.3 is 0 Å². The zero-order valence-corrected chi connectivity index (χ0v) is 18.3. The molecule has 31 heavy (non-hydrogen) atoms. The van der Waals surface area contributed by atoms with Gasteiger partial charge in [0.1, 0.15) is 0 Å². The fourth-order valence-electron chi connectivity index (χ4n) is 4.88. The Bertz CT molecular complexity index is 1130. The van der Waals surface area contributed by atoms with Gasteiger partial charge in [-0.05, 0) is 85.7 Å². The molecular formula is C27H29N3O. The summed E-state index contributed by atoms with van der Waals surface area (Å²) < 4.78 is 0. The monoisotopic (exact) mass is 411 g/mol. The van der Waals surface area contributed by atoms with Gasteiger partial charge in [-0.1, -0.05) is 48.5 Å². The van der Waals surface area contributed by atoms with Crippen molar-refractivity contribution in [1.29, 1.82) is 0 Å². The Morgan fingerprint density at radius 2 is 1.71 bits per heavy atom. The highest BCUT2D eigenvalue weighted by atomic mass is 16.1. The topological polar surface area (TPSA) is 35.6 Å². The summed E-state index contributed by atoms with van der Waals surface area (Å²) in [6.07, 6.45) is 4.45. The number of nitrogens with one attached hydrogen (secondary N) is 1. The van der Waals surface area contributed by atoms with Crippen molar-refractivity contribution in [1.82, 2.24) is 9.80 Å². The molecule has 1 aliphatic carbocycles. The Labute approximate surface area is 184 Å². The predicted molar refractivity (Wildman–Crippen MR) is 129 cm³/mol. The van der Waals surface area contributed by atoms with E-state index in [4.69, 9.17) is 0 Å². The molecule has 0 aromatic heterocycles. The van der Waals surface area contributed by atoms with Crippen molar-refractivity contribution in [3.63, 3.8) is 0 Å². The molecule has 3 aromatic rings. The summed E-state index contributed by atoms with van der Waals surface area (Å²) in [6, 6.07) is 21.4. The summed E-state index contributed by atoms with van der Waals surface area (Å²) in [5, 5.41) is 5.43. The van der Waals surface area contributed by atoms with Crippen LogP contribution in [0, 0.1) is 0 Å². The Balaban J connectivity index is 1.23. The molecule has 1 fully saturated rings. The van der Waals surface area contributed by atoms with Crippen LogP contribution in [0.3, 0.4) is 0 Å². The van der Waals surface area contributed by atoms with Crippen molar-refractivity contribution in [2.24, 2.45) is 0 Å². The molecule has 0 atom stereocenters. The Morgan fingerprint density at radius 1 is 1.00 bits per heavy atom. The first kappa shape index (κ1) is 20.0. The first-order valence-corrected chi connectivity index (χ1v) is 11.1. The summed E-state index contributed by atoms with van der Waals surface area (Å²) in [5.74, 6) is -0.0535. The van der Waals surface area contributed by atoms with Crippen LogP contribution in [0.15, 0.2) is 60.7 Å². The van der Waals surface area contributed by atoms with Gasteiger partial charge in [0.05, 0.1) is 0 Å². The van der Waals surface area contributed by atoms with E-state index in [0.29, 0.717) is 6.04 Å². The Morgan fingerprint density at radius 3 is 2.42 bits per heavy atom. The molecule has 1 aliphatic heterocycles. The van der Waals surface area contributed by atoms with Gasteiger partial charge in [0, 0.05) is 23.8 Å². The second-order valence-electron chi connectivity index (χ2n) is 8.93. The standard InChI is InChI=1S/C27H29N3O/c1-29(2)23-13-15-30(16-14-23)18-19-9-11-22(12-10-19)28-27(31)25-17-21-7-3-5-20-6-4-8-24(25)26(20)21/h3-12,17,23H,13-16,18H2,1-2H3,(H,28,31). The average Bonchev–Trinajstić information content (AvgIpc) is 3.16. The number of piperidine rings is 1. The first-order valence-electron chi connectivity index (χ1n) is 11.1.